The second kappa shape index (κ2) is 8.50. The van der Waals surface area contributed by atoms with Crippen LogP contribution in [0.4, 0.5) is 4.39 Å². The van der Waals surface area contributed by atoms with Crippen LogP contribution in [-0.4, -0.2) is 43.3 Å². The van der Waals surface area contributed by atoms with E-state index in [1.54, 1.807) is 0 Å². The standard InChI is InChI=1S/C19H22FNO2.ClH/c1-23-19(22)18-16(14-7-3-2-4-8-14)13-15-9-10-17(18)21(15)12-6-5-11-20;/h2-4,7-8,15-18H,9-13H2,1H3;1H/t15-,16+,17+,18-;/m0./s1. The number of hydrogen-bond donors (Lipinski definition) is 0. The van der Waals surface area contributed by atoms with Crippen LogP contribution in [0.2, 0.25) is 0 Å². The van der Waals surface area contributed by atoms with Gasteiger partial charge in [0.1, 0.15) is 6.67 Å². The van der Waals surface area contributed by atoms with E-state index in [0.29, 0.717) is 12.6 Å². The molecule has 2 aliphatic heterocycles. The van der Waals surface area contributed by atoms with Crippen molar-refractivity contribution in [3.05, 3.63) is 35.9 Å². The molecule has 3 rings (SSSR count). The number of methoxy groups -OCH3 is 1. The number of carbonyl (C=O) groups excluding carboxylic acids is 1. The van der Waals surface area contributed by atoms with Crippen LogP contribution in [0.15, 0.2) is 30.3 Å². The molecule has 0 spiro atoms. The molecule has 0 unspecified atom stereocenters. The van der Waals surface area contributed by atoms with Gasteiger partial charge in [-0.25, -0.2) is 4.39 Å². The zero-order valence-electron chi connectivity index (χ0n) is 13.8. The maximum Gasteiger partial charge on any atom is 0.310 e. The summed E-state index contributed by atoms with van der Waals surface area (Å²) in [5, 5.41) is 0. The summed E-state index contributed by atoms with van der Waals surface area (Å²) in [5.41, 5.74) is 1.20. The van der Waals surface area contributed by atoms with Crippen molar-refractivity contribution in [3.8, 4) is 11.8 Å². The largest absolute Gasteiger partial charge is 0.469 e. The highest BCUT2D eigenvalue weighted by Crippen LogP contribution is 2.47. The SMILES string of the molecule is COC(=O)[C@H]1[C@@H](c2ccccc2)C[C@@H]2CC[C@H]1N2CC#CCF.Cl. The highest BCUT2D eigenvalue weighted by molar-refractivity contribution is 5.85. The average molecular weight is 352 g/mol. The second-order valence-electron chi connectivity index (χ2n) is 6.26. The molecule has 1 aromatic carbocycles. The minimum absolute atomic E-state index is 0. The lowest BCUT2D eigenvalue weighted by atomic mass is 9.76. The van der Waals surface area contributed by atoms with Crippen LogP contribution in [0.3, 0.4) is 0 Å². The van der Waals surface area contributed by atoms with E-state index in [0.717, 1.165) is 19.3 Å². The number of carbonyl (C=O) groups is 1. The predicted molar refractivity (Wildman–Crippen MR) is 93.8 cm³/mol. The van der Waals surface area contributed by atoms with Gasteiger partial charge in [0.05, 0.1) is 19.6 Å². The maximum atomic E-state index is 12.5. The molecule has 1 aromatic rings. The molecular formula is C19H23ClFNO2. The van der Waals surface area contributed by atoms with Gasteiger partial charge in [-0.3, -0.25) is 9.69 Å². The minimum atomic E-state index is -0.615. The van der Waals surface area contributed by atoms with E-state index >= 15 is 0 Å². The van der Waals surface area contributed by atoms with Gasteiger partial charge in [0.15, 0.2) is 0 Å². The first-order chi connectivity index (χ1) is 11.3. The molecule has 4 atom stereocenters. The van der Waals surface area contributed by atoms with Crippen LogP contribution in [0.5, 0.6) is 0 Å². The molecule has 0 aliphatic carbocycles. The molecule has 2 saturated heterocycles. The van der Waals surface area contributed by atoms with Gasteiger partial charge in [0.2, 0.25) is 0 Å². The monoisotopic (exact) mass is 351 g/mol. The van der Waals surface area contributed by atoms with Gasteiger partial charge in [0.25, 0.3) is 0 Å². The van der Waals surface area contributed by atoms with Crippen molar-refractivity contribution in [2.24, 2.45) is 5.92 Å². The number of nitrogens with zero attached hydrogens (tertiary/aromatic N) is 1. The van der Waals surface area contributed by atoms with Crippen molar-refractivity contribution in [2.45, 2.75) is 37.3 Å². The number of ether oxygens (including phenoxy) is 1. The fourth-order valence-corrected chi connectivity index (χ4v) is 4.25. The number of fused-ring (bicyclic) bond motifs is 2. The third-order valence-electron chi connectivity index (χ3n) is 5.22. The van der Waals surface area contributed by atoms with E-state index in [1.807, 2.05) is 18.2 Å². The Kier molecular flexibility index (Phi) is 6.65. The first-order valence-corrected chi connectivity index (χ1v) is 8.16. The lowest BCUT2D eigenvalue weighted by Gasteiger charge is -2.42. The fourth-order valence-electron chi connectivity index (χ4n) is 4.25. The fraction of sp³-hybridized carbons (Fsp3) is 0.526. The van der Waals surface area contributed by atoms with E-state index in [4.69, 9.17) is 4.74 Å². The summed E-state index contributed by atoms with van der Waals surface area (Å²) in [5.74, 6) is 5.25. The zero-order chi connectivity index (χ0) is 16.2. The molecule has 0 amide bonds. The quantitative estimate of drug-likeness (QED) is 0.618. The first-order valence-electron chi connectivity index (χ1n) is 8.16. The Morgan fingerprint density at radius 2 is 2.04 bits per heavy atom. The van der Waals surface area contributed by atoms with Crippen molar-refractivity contribution in [1.29, 1.82) is 0 Å². The Hall–Kier alpha value is -1.57. The first kappa shape index (κ1) is 18.8. The van der Waals surface area contributed by atoms with Gasteiger partial charge in [0, 0.05) is 18.0 Å². The van der Waals surface area contributed by atoms with Crippen LogP contribution in [0.1, 0.15) is 30.7 Å². The van der Waals surface area contributed by atoms with Gasteiger partial charge in [-0.15, -0.1) is 12.4 Å². The molecule has 0 saturated carbocycles. The van der Waals surface area contributed by atoms with Crippen molar-refractivity contribution < 1.29 is 13.9 Å². The Bertz CT molecular complexity index is 613. The molecule has 130 valence electrons. The highest BCUT2D eigenvalue weighted by atomic mass is 35.5. The van der Waals surface area contributed by atoms with Crippen LogP contribution >= 0.6 is 12.4 Å². The van der Waals surface area contributed by atoms with Crippen molar-refractivity contribution in [2.75, 3.05) is 20.3 Å². The van der Waals surface area contributed by atoms with Gasteiger partial charge in [-0.05, 0) is 24.8 Å². The summed E-state index contributed by atoms with van der Waals surface area (Å²) in [6.07, 6.45) is 2.97. The summed E-state index contributed by atoms with van der Waals surface area (Å²) in [6, 6.07) is 10.8. The number of rotatable bonds is 3. The molecule has 2 aliphatic rings. The van der Waals surface area contributed by atoms with E-state index in [-0.39, 0.29) is 36.3 Å². The van der Waals surface area contributed by atoms with Crippen LogP contribution < -0.4 is 0 Å². The van der Waals surface area contributed by atoms with Crippen molar-refractivity contribution in [1.82, 2.24) is 4.90 Å². The molecular weight excluding hydrogens is 329 g/mol. The predicted octanol–water partition coefficient (Wildman–Crippen LogP) is 3.19. The topological polar surface area (TPSA) is 29.5 Å². The molecule has 3 nitrogen and oxygen atoms in total. The Morgan fingerprint density at radius 1 is 1.29 bits per heavy atom. The molecule has 0 radical (unpaired) electrons. The summed E-state index contributed by atoms with van der Waals surface area (Å²) in [4.78, 5) is 14.8. The van der Waals surface area contributed by atoms with E-state index in [9.17, 15) is 9.18 Å². The normalized spacial score (nSPS) is 28.4. The molecule has 5 heteroatoms. The number of hydrogen-bond acceptors (Lipinski definition) is 3. The number of alkyl halides is 1. The molecule has 24 heavy (non-hydrogen) atoms. The van der Waals surface area contributed by atoms with Crippen LogP contribution in [0.25, 0.3) is 0 Å². The number of esters is 1. The molecule has 0 aromatic heterocycles. The summed E-state index contributed by atoms with van der Waals surface area (Å²) in [6.45, 7) is -0.0789. The van der Waals surface area contributed by atoms with Crippen molar-refractivity contribution >= 4 is 18.4 Å². The molecule has 2 heterocycles. The zero-order valence-corrected chi connectivity index (χ0v) is 14.6. The van der Waals surface area contributed by atoms with Gasteiger partial charge in [-0.2, -0.15) is 0 Å². The molecule has 2 fully saturated rings. The number of piperidine rings is 1. The van der Waals surface area contributed by atoms with E-state index in [1.165, 1.54) is 12.7 Å². The van der Waals surface area contributed by atoms with Gasteiger partial charge < -0.3 is 4.74 Å². The molecule has 0 N–H and O–H groups in total. The third-order valence-corrected chi connectivity index (χ3v) is 5.22. The average Bonchev–Trinajstić information content (AvgIpc) is 2.87. The Morgan fingerprint density at radius 3 is 2.71 bits per heavy atom. The summed E-state index contributed by atoms with van der Waals surface area (Å²) < 4.78 is 17.3. The Balaban J connectivity index is 0.00000208. The van der Waals surface area contributed by atoms with E-state index in [2.05, 4.69) is 28.9 Å². The Labute approximate surface area is 149 Å². The van der Waals surface area contributed by atoms with Crippen LogP contribution in [-0.2, 0) is 9.53 Å². The van der Waals surface area contributed by atoms with Gasteiger partial charge >= 0.3 is 5.97 Å². The van der Waals surface area contributed by atoms with Crippen molar-refractivity contribution in [3.63, 3.8) is 0 Å². The van der Waals surface area contributed by atoms with Gasteiger partial charge in [-0.1, -0.05) is 42.2 Å². The summed E-state index contributed by atoms with van der Waals surface area (Å²) >= 11 is 0. The smallest absolute Gasteiger partial charge is 0.310 e. The number of benzene rings is 1. The third kappa shape index (κ3) is 3.58. The second-order valence-corrected chi connectivity index (χ2v) is 6.26. The minimum Gasteiger partial charge on any atom is -0.469 e. The molecule has 2 bridgehead atoms. The lowest BCUT2D eigenvalue weighted by molar-refractivity contribution is -0.150. The van der Waals surface area contributed by atoms with Crippen LogP contribution in [0, 0.1) is 17.8 Å². The maximum absolute atomic E-state index is 12.5. The number of halogens is 2. The highest BCUT2D eigenvalue weighted by Gasteiger charge is 2.50. The summed E-state index contributed by atoms with van der Waals surface area (Å²) in [7, 11) is 1.46. The lowest BCUT2D eigenvalue weighted by Crippen LogP contribution is -2.51. The van der Waals surface area contributed by atoms with E-state index < -0.39 is 6.67 Å².